The number of pyridine rings is 1. The van der Waals surface area contributed by atoms with Crippen molar-refractivity contribution in [2.45, 2.75) is 51.6 Å². The van der Waals surface area contributed by atoms with Gasteiger partial charge in [0.25, 0.3) is 0 Å². The molecule has 0 radical (unpaired) electrons. The van der Waals surface area contributed by atoms with Crippen molar-refractivity contribution in [3.05, 3.63) is 48.0 Å². The molecule has 174 valence electrons. The van der Waals surface area contributed by atoms with Crippen LogP contribution in [0.3, 0.4) is 0 Å². The van der Waals surface area contributed by atoms with Gasteiger partial charge in [-0.1, -0.05) is 51.1 Å². The van der Waals surface area contributed by atoms with Gasteiger partial charge in [-0.05, 0) is 29.8 Å². The molecule has 0 spiro atoms. The first-order valence-electron chi connectivity index (χ1n) is 11.0. The van der Waals surface area contributed by atoms with Gasteiger partial charge in [0.2, 0.25) is 11.8 Å². The monoisotopic (exact) mass is 457 g/mol. The largest absolute Gasteiger partial charge is 0.481 e. The fraction of sp³-hybridized carbons (Fsp3) is 0.500. The van der Waals surface area contributed by atoms with Crippen molar-refractivity contribution >= 4 is 25.7 Å². The molecular weight excluding hydrogens is 422 g/mol. The lowest BCUT2D eigenvalue weighted by Gasteiger charge is -2.40. The first-order chi connectivity index (χ1) is 15.1. The van der Waals surface area contributed by atoms with E-state index in [2.05, 4.69) is 44.2 Å². The first kappa shape index (κ1) is 24.2. The molecule has 0 saturated heterocycles. The summed E-state index contributed by atoms with van der Waals surface area (Å²) >= 11 is 0. The van der Waals surface area contributed by atoms with Gasteiger partial charge in [0.15, 0.2) is 14.1 Å². The van der Waals surface area contributed by atoms with E-state index in [0.717, 1.165) is 11.3 Å². The molecule has 1 amide bonds. The molecule has 1 aliphatic rings. The van der Waals surface area contributed by atoms with E-state index in [4.69, 9.17) is 13.9 Å². The van der Waals surface area contributed by atoms with E-state index < -0.39 is 8.32 Å². The van der Waals surface area contributed by atoms with Crippen molar-refractivity contribution in [3.63, 3.8) is 0 Å². The number of nitrogens with zero attached hydrogens (tertiary/aromatic N) is 2. The average Bonchev–Trinajstić information content (AvgIpc) is 2.76. The van der Waals surface area contributed by atoms with Gasteiger partial charge in [0.1, 0.15) is 0 Å². The summed E-state index contributed by atoms with van der Waals surface area (Å²) in [5.74, 6) is 0.942. The quantitative estimate of drug-likeness (QED) is 0.561. The molecule has 0 fully saturated rings. The van der Waals surface area contributed by atoms with Gasteiger partial charge in [-0.3, -0.25) is 9.69 Å². The highest BCUT2D eigenvalue weighted by atomic mass is 28.4. The van der Waals surface area contributed by atoms with Crippen molar-refractivity contribution in [1.29, 1.82) is 0 Å². The summed E-state index contributed by atoms with van der Waals surface area (Å²) < 4.78 is 17.9. The summed E-state index contributed by atoms with van der Waals surface area (Å²) in [7, 11) is -0.452. The molecular formula is C24H35N3O4Si. The summed E-state index contributed by atoms with van der Waals surface area (Å²) in [6.45, 7) is 12.4. The molecule has 7 nitrogen and oxygen atoms in total. The number of hydrogen-bond acceptors (Lipinski definition) is 6. The first-order valence-corrected chi connectivity index (χ1v) is 13.9. The van der Waals surface area contributed by atoms with Gasteiger partial charge in [-0.25, -0.2) is 0 Å². The number of rotatable bonds is 9. The number of methoxy groups -OCH3 is 1. The van der Waals surface area contributed by atoms with Crippen LogP contribution in [0.2, 0.25) is 18.1 Å². The minimum Gasteiger partial charge on any atom is -0.481 e. The molecule has 1 aliphatic heterocycles. The lowest BCUT2D eigenvalue weighted by molar-refractivity contribution is -0.118. The number of fused-ring (bicyclic) bond motifs is 1. The minimum absolute atomic E-state index is 0.0644. The third-order valence-corrected chi connectivity index (χ3v) is 10.7. The zero-order valence-corrected chi connectivity index (χ0v) is 21.0. The third kappa shape index (κ3) is 5.68. The lowest BCUT2D eigenvalue weighted by atomic mass is 10.2. The van der Waals surface area contributed by atoms with Gasteiger partial charge < -0.3 is 19.2 Å². The number of ether oxygens (including phenoxy) is 2. The van der Waals surface area contributed by atoms with Crippen molar-refractivity contribution in [1.82, 2.24) is 4.98 Å². The van der Waals surface area contributed by atoms with Gasteiger partial charge in [0, 0.05) is 6.07 Å². The fourth-order valence-electron chi connectivity index (χ4n) is 3.22. The Morgan fingerprint density at radius 1 is 1.12 bits per heavy atom. The van der Waals surface area contributed by atoms with Crippen molar-refractivity contribution < 1.29 is 18.7 Å². The summed E-state index contributed by atoms with van der Waals surface area (Å²) in [5, 5.41) is 3.21. The Hall–Kier alpha value is -2.42. The standard InChI is InChI=1S/C24H35N3O4Si/c1-24(2,3)32(5,6)31-17-19(16-30-15-18-10-8-7-9-11-18)27-22(28)14-25-20-12-13-21(29-4)26-23(20)27/h7-13,19,25H,14-17H2,1-6H3/t19-/m0/s1. The molecule has 0 saturated carbocycles. The Labute approximate surface area is 192 Å². The molecule has 8 heteroatoms. The molecule has 0 aliphatic carbocycles. The number of carbonyl (C=O) groups is 1. The van der Waals surface area contributed by atoms with Crippen molar-refractivity contribution in [2.24, 2.45) is 0 Å². The third-order valence-electron chi connectivity index (χ3n) is 6.22. The van der Waals surface area contributed by atoms with E-state index in [0.29, 0.717) is 31.5 Å². The second-order valence-electron chi connectivity index (χ2n) is 9.57. The number of anilines is 2. The Kier molecular flexibility index (Phi) is 7.58. The molecule has 0 unspecified atom stereocenters. The highest BCUT2D eigenvalue weighted by Gasteiger charge is 2.39. The van der Waals surface area contributed by atoms with E-state index in [9.17, 15) is 4.79 Å². The molecule has 2 aromatic rings. The molecule has 1 aromatic heterocycles. The summed E-state index contributed by atoms with van der Waals surface area (Å²) in [6, 6.07) is 13.4. The maximum absolute atomic E-state index is 13.0. The average molecular weight is 458 g/mol. The van der Waals surface area contributed by atoms with Crippen LogP contribution in [-0.2, 0) is 20.6 Å². The number of nitrogens with one attached hydrogen (secondary N) is 1. The van der Waals surface area contributed by atoms with Crippen LogP contribution in [0, 0.1) is 0 Å². The SMILES string of the molecule is COc1ccc2c(n1)N([C@@H](COCc1ccccc1)CO[Si](C)(C)C(C)(C)C)C(=O)CN2. The predicted octanol–water partition coefficient (Wildman–Crippen LogP) is 4.46. The van der Waals surface area contributed by atoms with Crippen LogP contribution in [0.1, 0.15) is 26.3 Å². The Morgan fingerprint density at radius 3 is 2.50 bits per heavy atom. The van der Waals surface area contributed by atoms with Crippen LogP contribution in [0.5, 0.6) is 5.88 Å². The zero-order chi connectivity index (χ0) is 23.4. The van der Waals surface area contributed by atoms with Crippen LogP contribution in [0.4, 0.5) is 11.5 Å². The number of amides is 1. The van der Waals surface area contributed by atoms with Crippen molar-refractivity contribution in [2.75, 3.05) is 37.1 Å². The highest BCUT2D eigenvalue weighted by molar-refractivity contribution is 6.74. The van der Waals surface area contributed by atoms with Crippen LogP contribution in [-0.4, -0.2) is 52.1 Å². The molecule has 3 rings (SSSR count). The fourth-order valence-corrected chi connectivity index (χ4v) is 4.26. The second-order valence-corrected chi connectivity index (χ2v) is 14.4. The van der Waals surface area contributed by atoms with E-state index in [1.54, 1.807) is 18.1 Å². The highest BCUT2D eigenvalue weighted by Crippen LogP contribution is 2.37. The van der Waals surface area contributed by atoms with Gasteiger partial charge >= 0.3 is 0 Å². The normalized spacial score (nSPS) is 15.2. The molecule has 1 N–H and O–H groups in total. The lowest BCUT2D eigenvalue weighted by Crippen LogP contribution is -2.53. The Bertz CT molecular complexity index is 915. The second kappa shape index (κ2) is 10.0. The van der Waals surface area contributed by atoms with Crippen LogP contribution < -0.4 is 15.0 Å². The number of hydrogen-bond donors (Lipinski definition) is 1. The molecule has 2 heterocycles. The van der Waals surface area contributed by atoms with E-state index >= 15 is 0 Å². The van der Waals surface area contributed by atoms with Crippen LogP contribution in [0.15, 0.2) is 42.5 Å². The number of aromatic nitrogens is 1. The van der Waals surface area contributed by atoms with E-state index in [1.807, 2.05) is 36.4 Å². The van der Waals surface area contributed by atoms with Crippen LogP contribution >= 0.6 is 0 Å². The topological polar surface area (TPSA) is 72.9 Å². The van der Waals surface area contributed by atoms with Gasteiger partial charge in [-0.15, -0.1) is 0 Å². The number of benzene rings is 1. The van der Waals surface area contributed by atoms with Crippen LogP contribution in [0.25, 0.3) is 0 Å². The zero-order valence-electron chi connectivity index (χ0n) is 20.0. The Balaban J connectivity index is 1.85. The number of carbonyl (C=O) groups excluding carboxylic acids is 1. The van der Waals surface area contributed by atoms with Gasteiger partial charge in [0.05, 0.1) is 45.2 Å². The molecule has 1 aromatic carbocycles. The van der Waals surface area contributed by atoms with Gasteiger partial charge in [-0.2, -0.15) is 4.98 Å². The van der Waals surface area contributed by atoms with E-state index in [1.165, 1.54) is 0 Å². The maximum atomic E-state index is 13.0. The molecule has 0 bridgehead atoms. The minimum atomic E-state index is -2.02. The predicted molar refractivity (Wildman–Crippen MR) is 130 cm³/mol. The summed E-state index contributed by atoms with van der Waals surface area (Å²) in [6.07, 6.45) is 0. The smallest absolute Gasteiger partial charge is 0.247 e. The molecule has 32 heavy (non-hydrogen) atoms. The van der Waals surface area contributed by atoms with E-state index in [-0.39, 0.29) is 23.5 Å². The summed E-state index contributed by atoms with van der Waals surface area (Å²) in [5.41, 5.74) is 1.88. The van der Waals surface area contributed by atoms with Crippen molar-refractivity contribution in [3.8, 4) is 5.88 Å². The maximum Gasteiger partial charge on any atom is 0.247 e. The summed E-state index contributed by atoms with van der Waals surface area (Å²) in [4.78, 5) is 19.3. The Morgan fingerprint density at radius 2 is 1.84 bits per heavy atom. The molecule has 1 atom stereocenters.